The van der Waals surface area contributed by atoms with Crippen LogP contribution in [0.4, 0.5) is 0 Å². The number of hydrogen-bond acceptors (Lipinski definition) is 5. The zero-order valence-corrected chi connectivity index (χ0v) is 15.8. The van der Waals surface area contributed by atoms with E-state index < -0.39 is 9.84 Å². The van der Waals surface area contributed by atoms with Crippen molar-refractivity contribution in [3.05, 3.63) is 33.5 Å². The van der Waals surface area contributed by atoms with E-state index in [1.165, 1.54) is 0 Å². The van der Waals surface area contributed by atoms with Crippen LogP contribution in [0.1, 0.15) is 6.42 Å². The van der Waals surface area contributed by atoms with Crippen LogP contribution < -0.4 is 0 Å². The Kier molecular flexibility index (Phi) is 4.73. The molecule has 1 unspecified atom stereocenters. The Balaban J connectivity index is 1.76. The highest BCUT2D eigenvalue weighted by Gasteiger charge is 2.30. The molecular formula is C14H17BrN4O2S2. The van der Waals surface area contributed by atoms with E-state index in [1.54, 1.807) is 4.68 Å². The zero-order chi connectivity index (χ0) is 16.6. The van der Waals surface area contributed by atoms with E-state index in [9.17, 15) is 8.42 Å². The number of benzene rings is 1. The van der Waals surface area contributed by atoms with Crippen LogP contribution in [-0.4, -0.2) is 52.7 Å². The third kappa shape index (κ3) is 3.90. The van der Waals surface area contributed by atoms with E-state index >= 15 is 0 Å². The van der Waals surface area contributed by atoms with Crippen molar-refractivity contribution in [1.82, 2.24) is 19.7 Å². The molecule has 0 radical (unpaired) electrons. The average Bonchev–Trinajstić information content (AvgIpc) is 3.03. The maximum absolute atomic E-state index is 11.6. The highest BCUT2D eigenvalue weighted by atomic mass is 79.9. The first-order valence-corrected chi connectivity index (χ1v) is 10.2. The quantitative estimate of drug-likeness (QED) is 0.774. The number of halogens is 1. The predicted octanol–water partition coefficient (Wildman–Crippen LogP) is 2.45. The fourth-order valence-electron chi connectivity index (χ4n) is 2.65. The summed E-state index contributed by atoms with van der Waals surface area (Å²) in [5.74, 6) is 1.18. The lowest BCUT2D eigenvalue weighted by atomic mass is 10.2. The van der Waals surface area contributed by atoms with Crippen molar-refractivity contribution >= 4 is 38.0 Å². The number of hydrogen-bond donors (Lipinski definition) is 1. The Labute approximate surface area is 148 Å². The van der Waals surface area contributed by atoms with Crippen LogP contribution in [-0.2, 0) is 16.5 Å². The highest BCUT2D eigenvalue weighted by molar-refractivity contribution is 9.10. The average molecular weight is 417 g/mol. The fourth-order valence-corrected chi connectivity index (χ4v) is 4.92. The molecule has 2 heterocycles. The number of nitrogens with one attached hydrogen (secondary N) is 1. The summed E-state index contributed by atoms with van der Waals surface area (Å²) in [6.45, 7) is 0.489. The van der Waals surface area contributed by atoms with Gasteiger partial charge in [0.05, 0.1) is 18.2 Å². The first-order chi connectivity index (χ1) is 10.8. The molecule has 2 aromatic rings. The number of rotatable bonds is 4. The minimum absolute atomic E-state index is 0.0290. The first kappa shape index (κ1) is 16.8. The monoisotopic (exact) mass is 416 g/mol. The van der Waals surface area contributed by atoms with Gasteiger partial charge in [-0.3, -0.25) is 10.00 Å². The summed E-state index contributed by atoms with van der Waals surface area (Å²) in [7, 11) is -0.982. The topological polar surface area (TPSA) is 71.0 Å². The van der Waals surface area contributed by atoms with Crippen LogP contribution in [0.15, 0.2) is 28.7 Å². The van der Waals surface area contributed by atoms with Crippen molar-refractivity contribution < 1.29 is 8.42 Å². The van der Waals surface area contributed by atoms with E-state index in [2.05, 4.69) is 26.0 Å². The van der Waals surface area contributed by atoms with Crippen molar-refractivity contribution in [2.45, 2.75) is 19.1 Å². The Morgan fingerprint density at radius 1 is 1.43 bits per heavy atom. The molecule has 9 heteroatoms. The third-order valence-corrected chi connectivity index (χ3v) is 6.58. The molecule has 1 saturated heterocycles. The molecule has 0 aliphatic carbocycles. The predicted molar refractivity (Wildman–Crippen MR) is 95.4 cm³/mol. The first-order valence-electron chi connectivity index (χ1n) is 7.17. The van der Waals surface area contributed by atoms with E-state index in [-0.39, 0.29) is 17.5 Å². The van der Waals surface area contributed by atoms with Crippen LogP contribution >= 0.6 is 28.1 Å². The van der Waals surface area contributed by atoms with Gasteiger partial charge in [0.25, 0.3) is 0 Å². The Morgan fingerprint density at radius 2 is 2.13 bits per heavy atom. The zero-order valence-electron chi connectivity index (χ0n) is 12.6. The van der Waals surface area contributed by atoms with Crippen LogP contribution in [0.3, 0.4) is 0 Å². The normalized spacial score (nSPS) is 20.2. The molecule has 0 spiro atoms. The SMILES string of the molecule is CN(Cn1[nH]c(-c2ccc(Br)cc2)nc1=S)C1CCS(=O)(=O)C1. The lowest BCUT2D eigenvalue weighted by molar-refractivity contribution is 0.197. The van der Waals surface area contributed by atoms with Gasteiger partial charge in [0.15, 0.2) is 15.7 Å². The van der Waals surface area contributed by atoms with E-state index in [0.717, 1.165) is 10.0 Å². The van der Waals surface area contributed by atoms with Gasteiger partial charge in [-0.2, -0.15) is 4.98 Å². The Hall–Kier alpha value is -1.03. The molecule has 1 aromatic heterocycles. The van der Waals surface area contributed by atoms with Gasteiger partial charge < -0.3 is 0 Å². The summed E-state index contributed by atoms with van der Waals surface area (Å²) in [6, 6.07) is 7.83. The largest absolute Gasteiger partial charge is 0.283 e. The van der Waals surface area contributed by atoms with E-state index in [4.69, 9.17) is 12.2 Å². The molecule has 0 saturated carbocycles. The summed E-state index contributed by atoms with van der Waals surface area (Å²) in [5, 5.41) is 3.19. The molecule has 1 atom stereocenters. The summed E-state index contributed by atoms with van der Waals surface area (Å²) < 4.78 is 26.4. The maximum Gasteiger partial charge on any atom is 0.217 e. The van der Waals surface area contributed by atoms with Crippen molar-refractivity contribution in [3.63, 3.8) is 0 Å². The molecule has 124 valence electrons. The third-order valence-electron chi connectivity index (χ3n) is 3.99. The van der Waals surface area contributed by atoms with Crippen LogP contribution in [0.2, 0.25) is 0 Å². The molecule has 0 bridgehead atoms. The van der Waals surface area contributed by atoms with Gasteiger partial charge in [0.2, 0.25) is 4.77 Å². The Bertz CT molecular complexity index is 858. The molecule has 23 heavy (non-hydrogen) atoms. The van der Waals surface area contributed by atoms with Gasteiger partial charge in [-0.15, -0.1) is 0 Å². The molecular weight excluding hydrogens is 400 g/mol. The minimum Gasteiger partial charge on any atom is -0.283 e. The maximum atomic E-state index is 11.6. The van der Waals surface area contributed by atoms with Crippen LogP contribution in [0.5, 0.6) is 0 Å². The molecule has 6 nitrogen and oxygen atoms in total. The molecule has 1 aliphatic heterocycles. The standard InChI is InChI=1S/C14H17BrN4O2S2/c1-18(12-6-7-23(20,21)8-12)9-19-14(22)16-13(17-19)10-2-4-11(15)5-3-10/h2-5,12H,6-9H2,1H3,(H,16,17,22). The number of aromatic amines is 1. The lowest BCUT2D eigenvalue weighted by Gasteiger charge is -2.22. The lowest BCUT2D eigenvalue weighted by Crippen LogP contribution is -2.34. The number of H-pyrrole nitrogens is 1. The van der Waals surface area contributed by atoms with Crippen molar-refractivity contribution in [1.29, 1.82) is 0 Å². The minimum atomic E-state index is -2.89. The number of nitrogens with zero attached hydrogens (tertiary/aromatic N) is 3. The second kappa shape index (κ2) is 6.46. The smallest absolute Gasteiger partial charge is 0.217 e. The summed E-state index contributed by atoms with van der Waals surface area (Å²) in [4.78, 5) is 6.38. The van der Waals surface area contributed by atoms with Gasteiger partial charge in [0.1, 0.15) is 0 Å². The van der Waals surface area contributed by atoms with Crippen molar-refractivity contribution in [3.8, 4) is 11.4 Å². The number of sulfone groups is 1. The van der Waals surface area contributed by atoms with Crippen molar-refractivity contribution in [2.24, 2.45) is 0 Å². The van der Waals surface area contributed by atoms with E-state index in [0.29, 0.717) is 23.7 Å². The molecule has 1 aromatic carbocycles. The molecule has 1 fully saturated rings. The summed E-state index contributed by atoms with van der Waals surface area (Å²) in [6.07, 6.45) is 0.667. The molecule has 0 amide bonds. The highest BCUT2D eigenvalue weighted by Crippen LogP contribution is 2.20. The van der Waals surface area contributed by atoms with Crippen LogP contribution in [0.25, 0.3) is 11.4 Å². The summed E-state index contributed by atoms with van der Waals surface area (Å²) >= 11 is 8.71. The van der Waals surface area contributed by atoms with Gasteiger partial charge in [0, 0.05) is 16.1 Å². The molecule has 1 N–H and O–H groups in total. The fraction of sp³-hybridized carbons (Fsp3) is 0.429. The Morgan fingerprint density at radius 3 is 2.74 bits per heavy atom. The molecule has 3 rings (SSSR count). The van der Waals surface area contributed by atoms with Crippen molar-refractivity contribution in [2.75, 3.05) is 18.6 Å². The van der Waals surface area contributed by atoms with Gasteiger partial charge in [-0.1, -0.05) is 28.1 Å². The second-order valence-electron chi connectivity index (χ2n) is 5.74. The van der Waals surface area contributed by atoms with Crippen LogP contribution in [0, 0.1) is 4.77 Å². The van der Waals surface area contributed by atoms with Gasteiger partial charge in [-0.05, 0) is 37.8 Å². The number of aromatic nitrogens is 3. The van der Waals surface area contributed by atoms with E-state index in [1.807, 2.05) is 36.2 Å². The second-order valence-corrected chi connectivity index (χ2v) is 9.25. The molecule has 1 aliphatic rings. The van der Waals surface area contributed by atoms with Gasteiger partial charge in [-0.25, -0.2) is 13.1 Å². The van der Waals surface area contributed by atoms with Gasteiger partial charge >= 0.3 is 0 Å². The summed E-state index contributed by atoms with van der Waals surface area (Å²) in [5.41, 5.74) is 0.948.